The molecule has 4 nitrogen and oxygen atoms in total. The van der Waals surface area contributed by atoms with Crippen molar-refractivity contribution in [2.24, 2.45) is 10.9 Å². The Bertz CT molecular complexity index is 269. The molecule has 0 radical (unpaired) electrons. The summed E-state index contributed by atoms with van der Waals surface area (Å²) >= 11 is -0.00545. The van der Waals surface area contributed by atoms with Crippen molar-refractivity contribution in [2.45, 2.75) is 30.8 Å². The van der Waals surface area contributed by atoms with Gasteiger partial charge in [-0.2, -0.15) is 13.2 Å². The summed E-state index contributed by atoms with van der Waals surface area (Å²) in [5.41, 5.74) is 1.16. The van der Waals surface area contributed by atoms with Crippen molar-refractivity contribution in [2.75, 3.05) is 18.8 Å². The van der Waals surface area contributed by atoms with Crippen LogP contribution in [0.3, 0.4) is 0 Å². The van der Waals surface area contributed by atoms with Gasteiger partial charge in [0.05, 0.1) is 0 Å². The molecule has 0 unspecified atom stereocenters. The third-order valence-electron chi connectivity index (χ3n) is 2.49. The predicted molar refractivity (Wildman–Crippen MR) is 61.1 cm³/mol. The Morgan fingerprint density at radius 3 is 2.53 bits per heavy atom. The van der Waals surface area contributed by atoms with Crippen molar-refractivity contribution in [3.63, 3.8) is 0 Å². The van der Waals surface area contributed by atoms with E-state index in [-0.39, 0.29) is 23.4 Å². The van der Waals surface area contributed by atoms with Crippen molar-refractivity contribution in [3.05, 3.63) is 0 Å². The third-order valence-corrected chi connectivity index (χ3v) is 3.21. The first kappa shape index (κ1) is 14.4. The van der Waals surface area contributed by atoms with E-state index in [1.165, 1.54) is 0 Å². The van der Waals surface area contributed by atoms with Crippen molar-refractivity contribution in [1.29, 1.82) is 0 Å². The fourth-order valence-corrected chi connectivity index (χ4v) is 2.06. The van der Waals surface area contributed by atoms with Crippen molar-refractivity contribution >= 4 is 17.6 Å². The molecule has 17 heavy (non-hydrogen) atoms. The van der Waals surface area contributed by atoms with Gasteiger partial charge in [-0.05, 0) is 24.6 Å². The lowest BCUT2D eigenvalue weighted by atomic mass is 10.3. The van der Waals surface area contributed by atoms with Gasteiger partial charge in [-0.15, -0.1) is 0 Å². The van der Waals surface area contributed by atoms with Crippen LogP contribution in [0.4, 0.5) is 13.2 Å². The standard InChI is InChI=1S/C9H16F3N3OS/c10-9(11,12)17-6-5-15(7-1-2-7)4-3-8(13)14-16/h7,16H,1-6H2,(H2,13,14). The predicted octanol–water partition coefficient (Wildman–Crippen LogP) is 1.84. The zero-order chi connectivity index (χ0) is 12.9. The number of oxime groups is 1. The number of alkyl halides is 3. The van der Waals surface area contributed by atoms with Gasteiger partial charge in [0.1, 0.15) is 5.84 Å². The van der Waals surface area contributed by atoms with E-state index in [1.54, 1.807) is 0 Å². The van der Waals surface area contributed by atoms with Crippen LogP contribution in [0.2, 0.25) is 0 Å². The number of hydrogen-bond donors (Lipinski definition) is 2. The molecule has 0 aromatic rings. The molecule has 0 heterocycles. The van der Waals surface area contributed by atoms with Crippen LogP contribution < -0.4 is 5.73 Å². The zero-order valence-corrected chi connectivity index (χ0v) is 10.1. The minimum Gasteiger partial charge on any atom is -0.409 e. The number of halogens is 3. The van der Waals surface area contributed by atoms with E-state index >= 15 is 0 Å². The summed E-state index contributed by atoms with van der Waals surface area (Å²) in [6.07, 6.45) is 2.42. The van der Waals surface area contributed by atoms with Crippen molar-refractivity contribution < 1.29 is 18.4 Å². The normalized spacial score (nSPS) is 17.8. The van der Waals surface area contributed by atoms with Gasteiger partial charge < -0.3 is 10.9 Å². The molecular formula is C9H16F3N3OS. The summed E-state index contributed by atoms with van der Waals surface area (Å²) in [5, 5.41) is 11.2. The van der Waals surface area contributed by atoms with Crippen LogP contribution in [0.25, 0.3) is 0 Å². The molecule has 1 fully saturated rings. The number of nitrogens with two attached hydrogens (primary N) is 1. The zero-order valence-electron chi connectivity index (χ0n) is 9.28. The molecule has 0 atom stereocenters. The van der Waals surface area contributed by atoms with Crippen LogP contribution in [0.5, 0.6) is 0 Å². The summed E-state index contributed by atoms with van der Waals surface area (Å²) in [4.78, 5) is 1.97. The van der Waals surface area contributed by atoms with Crippen LogP contribution in [0, 0.1) is 0 Å². The first-order chi connectivity index (χ1) is 7.92. The molecule has 1 rings (SSSR count). The molecule has 0 bridgehead atoms. The van der Waals surface area contributed by atoms with E-state index in [0.717, 1.165) is 12.8 Å². The molecule has 0 saturated heterocycles. The maximum absolute atomic E-state index is 12.0. The second-order valence-electron chi connectivity index (χ2n) is 3.90. The van der Waals surface area contributed by atoms with Gasteiger partial charge in [-0.25, -0.2) is 0 Å². The molecule has 0 amide bonds. The van der Waals surface area contributed by atoms with Gasteiger partial charge >= 0.3 is 5.51 Å². The van der Waals surface area contributed by atoms with Crippen LogP contribution in [0.15, 0.2) is 5.16 Å². The first-order valence-electron chi connectivity index (χ1n) is 5.33. The summed E-state index contributed by atoms with van der Waals surface area (Å²) in [7, 11) is 0. The molecule has 1 aliphatic carbocycles. The largest absolute Gasteiger partial charge is 0.441 e. The van der Waals surface area contributed by atoms with Gasteiger partial charge in [0, 0.05) is 31.3 Å². The molecule has 1 saturated carbocycles. The number of rotatable bonds is 7. The summed E-state index contributed by atoms with van der Waals surface area (Å²) in [6, 6.07) is 0.371. The Morgan fingerprint density at radius 2 is 2.06 bits per heavy atom. The van der Waals surface area contributed by atoms with Crippen molar-refractivity contribution in [3.8, 4) is 0 Å². The molecule has 3 N–H and O–H groups in total. The minimum absolute atomic E-state index is 0.00545. The molecule has 0 aromatic heterocycles. The summed E-state index contributed by atoms with van der Waals surface area (Å²) in [6.45, 7) is 0.923. The van der Waals surface area contributed by atoms with Crippen molar-refractivity contribution in [1.82, 2.24) is 4.90 Å². The Labute approximate surface area is 102 Å². The van der Waals surface area contributed by atoms with Gasteiger partial charge in [0.25, 0.3) is 0 Å². The highest BCUT2D eigenvalue weighted by molar-refractivity contribution is 8.00. The van der Waals surface area contributed by atoms with Crippen LogP contribution in [-0.2, 0) is 0 Å². The average Bonchev–Trinajstić information content (AvgIpc) is 3.04. The van der Waals surface area contributed by atoms with Gasteiger partial charge in [-0.3, -0.25) is 4.90 Å². The molecular weight excluding hydrogens is 255 g/mol. The Morgan fingerprint density at radius 1 is 1.41 bits per heavy atom. The first-order valence-corrected chi connectivity index (χ1v) is 6.32. The molecule has 0 aliphatic heterocycles. The molecule has 100 valence electrons. The fraction of sp³-hybridized carbons (Fsp3) is 0.889. The van der Waals surface area contributed by atoms with E-state index in [4.69, 9.17) is 10.9 Å². The smallest absolute Gasteiger partial charge is 0.409 e. The van der Waals surface area contributed by atoms with E-state index < -0.39 is 5.51 Å². The van der Waals surface area contributed by atoms with Gasteiger partial charge in [0.2, 0.25) is 0 Å². The fourth-order valence-electron chi connectivity index (χ4n) is 1.50. The highest BCUT2D eigenvalue weighted by atomic mass is 32.2. The number of nitrogens with zero attached hydrogens (tertiary/aromatic N) is 2. The second-order valence-corrected chi connectivity index (χ2v) is 5.06. The summed E-state index contributed by atoms with van der Waals surface area (Å²) < 4.78 is 35.9. The van der Waals surface area contributed by atoms with Crippen LogP contribution in [0.1, 0.15) is 19.3 Å². The Hall–Kier alpha value is -0.630. The quantitative estimate of drug-likeness (QED) is 0.321. The van der Waals surface area contributed by atoms with E-state index in [9.17, 15) is 13.2 Å². The minimum atomic E-state index is -4.17. The molecule has 0 aromatic carbocycles. The lowest BCUT2D eigenvalue weighted by Crippen LogP contribution is -2.32. The molecule has 1 aliphatic rings. The maximum atomic E-state index is 12.0. The second kappa shape index (κ2) is 6.34. The lowest BCUT2D eigenvalue weighted by molar-refractivity contribution is -0.0328. The summed E-state index contributed by atoms with van der Waals surface area (Å²) in [5.74, 6) is 0.134. The molecule has 8 heteroatoms. The van der Waals surface area contributed by atoms with Crippen LogP contribution >= 0.6 is 11.8 Å². The van der Waals surface area contributed by atoms with E-state index in [2.05, 4.69) is 5.16 Å². The van der Waals surface area contributed by atoms with E-state index in [1.807, 2.05) is 4.90 Å². The van der Waals surface area contributed by atoms with Gasteiger partial charge in [0.15, 0.2) is 0 Å². The topological polar surface area (TPSA) is 61.8 Å². The van der Waals surface area contributed by atoms with E-state index in [0.29, 0.717) is 25.6 Å². The average molecular weight is 271 g/mol. The highest BCUT2D eigenvalue weighted by Crippen LogP contribution is 2.31. The van der Waals surface area contributed by atoms with Gasteiger partial charge in [-0.1, -0.05) is 5.16 Å². The third kappa shape index (κ3) is 6.62. The lowest BCUT2D eigenvalue weighted by Gasteiger charge is -2.21. The molecule has 0 spiro atoms. The number of amidine groups is 1. The monoisotopic (exact) mass is 271 g/mol. The highest BCUT2D eigenvalue weighted by Gasteiger charge is 2.31. The Kier molecular flexibility index (Phi) is 5.38. The SMILES string of the molecule is NC(CCN(CCSC(F)(F)F)C1CC1)=NO. The van der Waals surface area contributed by atoms with Crippen LogP contribution in [-0.4, -0.2) is 46.3 Å². The Balaban J connectivity index is 2.24. The number of thioether (sulfide) groups is 1. The maximum Gasteiger partial charge on any atom is 0.441 e. The number of hydrogen-bond acceptors (Lipinski definition) is 4.